The quantitative estimate of drug-likeness (QED) is 0.108. The minimum absolute atomic E-state index is 0.0879. The molecule has 2 aliphatic heterocycles. The number of aryl methyl sites for hydroxylation is 1. The van der Waals surface area contributed by atoms with E-state index in [9.17, 15) is 36.6 Å². The number of nitrogens with one attached hydrogen (secondary N) is 3. The van der Waals surface area contributed by atoms with E-state index in [1.165, 1.54) is 12.3 Å². The number of fused-ring (bicyclic) bond motifs is 1. The summed E-state index contributed by atoms with van der Waals surface area (Å²) >= 11 is 0. The van der Waals surface area contributed by atoms with Gasteiger partial charge in [0.15, 0.2) is 11.5 Å². The number of ketones is 1. The molecule has 4 N–H and O–H groups in total. The summed E-state index contributed by atoms with van der Waals surface area (Å²) in [6.07, 6.45) is -0.503. The fraction of sp³-hybridized carbons (Fsp3) is 0.353. The number of amides is 1. The smallest absolute Gasteiger partial charge is 0.389 e. The molecule has 3 heterocycles. The van der Waals surface area contributed by atoms with Crippen LogP contribution in [0.1, 0.15) is 47.8 Å². The van der Waals surface area contributed by atoms with Gasteiger partial charge in [-0.05, 0) is 74.7 Å². The van der Waals surface area contributed by atoms with Crippen LogP contribution < -0.4 is 16.0 Å². The summed E-state index contributed by atoms with van der Waals surface area (Å²) in [6.45, 7) is 2.11. The minimum Gasteiger partial charge on any atom is -0.389 e. The summed E-state index contributed by atoms with van der Waals surface area (Å²) in [5, 5.41) is 23.0. The van der Waals surface area contributed by atoms with Crippen LogP contribution in [0.3, 0.4) is 0 Å². The van der Waals surface area contributed by atoms with Gasteiger partial charge in [-0.15, -0.1) is 0 Å². The van der Waals surface area contributed by atoms with E-state index < -0.39 is 36.3 Å². The molecule has 1 fully saturated rings. The van der Waals surface area contributed by atoms with Crippen LogP contribution in [-0.4, -0.2) is 63.2 Å². The monoisotopic (exact) mass is 670 g/mol. The molecular weight excluding hydrogens is 635 g/mol. The number of hydrogen-bond acceptors (Lipinski definition) is 7. The summed E-state index contributed by atoms with van der Waals surface area (Å²) < 4.78 is 68.0. The van der Waals surface area contributed by atoms with Gasteiger partial charge in [0, 0.05) is 40.3 Å². The average molecular weight is 671 g/mol. The number of hydrogen-bond donors (Lipinski definition) is 4. The maximum atomic E-state index is 13.9. The molecule has 9 nitrogen and oxygen atoms in total. The van der Waals surface area contributed by atoms with Crippen LogP contribution in [0.4, 0.5) is 33.3 Å². The van der Waals surface area contributed by atoms with Gasteiger partial charge in [0.2, 0.25) is 0 Å². The topological polar surface area (TPSA) is 121 Å². The normalized spacial score (nSPS) is 14.9. The van der Waals surface area contributed by atoms with Crippen molar-refractivity contribution >= 4 is 23.1 Å². The van der Waals surface area contributed by atoms with Gasteiger partial charge in [-0.2, -0.15) is 18.3 Å². The number of alkyl halides is 5. The highest BCUT2D eigenvalue weighted by molar-refractivity contribution is 6.00. The summed E-state index contributed by atoms with van der Waals surface area (Å²) in [5.41, 5.74) is 0.391. The number of benzene rings is 1. The molecule has 1 saturated heterocycles. The zero-order valence-corrected chi connectivity index (χ0v) is 26.1. The number of halogens is 5. The van der Waals surface area contributed by atoms with Crippen LogP contribution in [0.5, 0.6) is 0 Å². The third-order valence-electron chi connectivity index (χ3n) is 8.17. The Kier molecular flexibility index (Phi) is 10.5. The molecular formula is C34H35F5N6O3. The molecule has 48 heavy (non-hydrogen) atoms. The van der Waals surface area contributed by atoms with E-state index >= 15 is 0 Å². The van der Waals surface area contributed by atoms with E-state index in [-0.39, 0.29) is 23.5 Å². The molecule has 0 unspecified atom stereocenters. The summed E-state index contributed by atoms with van der Waals surface area (Å²) in [6, 6.07) is 11.6. The summed E-state index contributed by atoms with van der Waals surface area (Å²) in [5.74, 6) is -0.732. The van der Waals surface area contributed by atoms with E-state index in [4.69, 9.17) is 0 Å². The van der Waals surface area contributed by atoms with Gasteiger partial charge in [0.05, 0.1) is 23.5 Å². The van der Waals surface area contributed by atoms with Gasteiger partial charge in [-0.1, -0.05) is 31.2 Å². The number of aromatic nitrogens is 3. The second-order valence-electron chi connectivity index (χ2n) is 11.6. The zero-order chi connectivity index (χ0) is 34.5. The van der Waals surface area contributed by atoms with Crippen LogP contribution in [0.2, 0.25) is 0 Å². The van der Waals surface area contributed by atoms with Crippen molar-refractivity contribution < 1.29 is 36.6 Å². The molecule has 0 radical (unpaired) electrons. The molecule has 2 aromatic rings. The number of aliphatic hydroxyl groups is 1. The highest BCUT2D eigenvalue weighted by Gasteiger charge is 2.39. The first-order chi connectivity index (χ1) is 22.9. The summed E-state index contributed by atoms with van der Waals surface area (Å²) in [7, 11) is 0. The molecule has 1 aliphatic carbocycles. The Hall–Kier alpha value is -4.69. The highest BCUT2D eigenvalue weighted by atomic mass is 19.4. The van der Waals surface area contributed by atoms with Crippen molar-refractivity contribution in [3.63, 3.8) is 0 Å². The fourth-order valence-electron chi connectivity index (χ4n) is 5.71. The maximum Gasteiger partial charge on any atom is 0.435 e. The van der Waals surface area contributed by atoms with Crippen molar-refractivity contribution in [3.05, 3.63) is 83.8 Å². The van der Waals surface area contributed by atoms with Crippen molar-refractivity contribution in [2.45, 2.75) is 57.4 Å². The predicted molar refractivity (Wildman–Crippen MR) is 170 cm³/mol. The molecule has 14 heteroatoms. The van der Waals surface area contributed by atoms with Crippen LogP contribution in [0.15, 0.2) is 67.0 Å². The lowest BCUT2D eigenvalue weighted by Crippen LogP contribution is -2.41. The molecule has 0 spiro atoms. The Bertz CT molecular complexity index is 1760. The molecule has 0 bridgehead atoms. The Morgan fingerprint density at radius 2 is 1.85 bits per heavy atom. The van der Waals surface area contributed by atoms with Crippen molar-refractivity contribution in [2.75, 3.05) is 25.0 Å². The standard InChI is InChI=1S/C34H35F5N6O3/c1-2-21-16-22(9-10-24(21)32(47)42-17-23(46)6-5-11-33(48)12-14-40-15-13-33)43-28-8-4-3-7-25-26(18-41-30(25)28)27-19-45(20-29(35)36)44-31(27)34(37,38)39/h3-10,16,18-19,29,40,43,48H,2,11-15,17,20H2,1H3,(H,42,47)/b6-5+. The van der Waals surface area contributed by atoms with Gasteiger partial charge in [-0.25, -0.2) is 8.78 Å². The van der Waals surface area contributed by atoms with Crippen LogP contribution in [0.25, 0.3) is 22.4 Å². The van der Waals surface area contributed by atoms with E-state index in [2.05, 4.69) is 26.0 Å². The van der Waals surface area contributed by atoms with Crippen molar-refractivity contribution in [3.8, 4) is 22.4 Å². The second-order valence-corrected chi connectivity index (χ2v) is 11.6. The van der Waals surface area contributed by atoms with Gasteiger partial charge in [-0.3, -0.25) is 19.3 Å². The molecule has 1 amide bonds. The molecule has 3 aliphatic rings. The van der Waals surface area contributed by atoms with Gasteiger partial charge < -0.3 is 21.1 Å². The number of carbonyl (C=O) groups is 2. The lowest BCUT2D eigenvalue weighted by atomic mass is 9.89. The summed E-state index contributed by atoms with van der Waals surface area (Å²) in [4.78, 5) is 29.7. The lowest BCUT2D eigenvalue weighted by Gasteiger charge is -2.31. The van der Waals surface area contributed by atoms with Crippen molar-refractivity contribution in [1.29, 1.82) is 0 Å². The third-order valence-corrected chi connectivity index (χ3v) is 8.17. The Morgan fingerprint density at radius 1 is 1.10 bits per heavy atom. The van der Waals surface area contributed by atoms with E-state index in [1.54, 1.807) is 48.5 Å². The van der Waals surface area contributed by atoms with Crippen LogP contribution in [0, 0.1) is 0 Å². The molecule has 1 aromatic carbocycles. The minimum atomic E-state index is -4.88. The number of piperidine rings is 1. The lowest BCUT2D eigenvalue weighted by molar-refractivity contribution is -0.141. The molecule has 0 saturated carbocycles. The first kappa shape index (κ1) is 34.6. The number of anilines is 2. The van der Waals surface area contributed by atoms with Crippen molar-refractivity contribution in [1.82, 2.24) is 25.4 Å². The van der Waals surface area contributed by atoms with E-state index in [0.29, 0.717) is 77.2 Å². The average Bonchev–Trinajstić information content (AvgIpc) is 3.60. The first-order valence-electron chi connectivity index (χ1n) is 15.5. The predicted octanol–water partition coefficient (Wildman–Crippen LogP) is 6.00. The molecule has 5 rings (SSSR count). The highest BCUT2D eigenvalue weighted by Crippen LogP contribution is 2.43. The van der Waals surface area contributed by atoms with Gasteiger partial charge in [0.25, 0.3) is 12.3 Å². The maximum absolute atomic E-state index is 13.9. The molecule has 254 valence electrons. The Morgan fingerprint density at radius 3 is 2.56 bits per heavy atom. The van der Waals surface area contributed by atoms with Crippen LogP contribution in [-0.2, 0) is 23.9 Å². The fourth-order valence-corrected chi connectivity index (χ4v) is 5.71. The third kappa shape index (κ3) is 8.23. The van der Waals surface area contributed by atoms with Gasteiger partial charge >= 0.3 is 6.18 Å². The van der Waals surface area contributed by atoms with Crippen molar-refractivity contribution in [2.24, 2.45) is 0 Å². The largest absolute Gasteiger partial charge is 0.435 e. The number of rotatable bonds is 12. The Balaban J connectivity index is 1.30. The first-order valence-corrected chi connectivity index (χ1v) is 15.5. The molecule has 1 aromatic heterocycles. The van der Waals surface area contributed by atoms with E-state index in [0.717, 1.165) is 6.20 Å². The number of nitrogens with zero attached hydrogens (tertiary/aromatic N) is 3. The number of carbonyl (C=O) groups excluding carboxylic acids is 2. The Labute approximate surface area is 273 Å². The van der Waals surface area contributed by atoms with E-state index in [1.807, 2.05) is 6.92 Å². The van der Waals surface area contributed by atoms with Crippen LogP contribution >= 0.6 is 0 Å². The molecule has 0 atom stereocenters. The van der Waals surface area contributed by atoms with Gasteiger partial charge in [0.1, 0.15) is 6.54 Å². The SMILES string of the molecule is CCc1cc(Nc2ccccc3c(-c4cn(CC(F)F)nc4C(F)(F)F)cnc2-3)ccc1C(=O)NCC(=O)/C=C/CC1(O)CCNCC1. The second kappa shape index (κ2) is 14.6. The zero-order valence-electron chi connectivity index (χ0n) is 26.1.